The van der Waals surface area contributed by atoms with E-state index in [0.29, 0.717) is 9.64 Å². The summed E-state index contributed by atoms with van der Waals surface area (Å²) in [5, 5.41) is 9.10. The Morgan fingerprint density at radius 2 is 1.93 bits per heavy atom. The van der Waals surface area contributed by atoms with Crippen molar-refractivity contribution < 1.29 is 23.1 Å². The third-order valence-electron chi connectivity index (χ3n) is 1.77. The summed E-state index contributed by atoms with van der Waals surface area (Å²) < 4.78 is 37.3. The third-order valence-corrected chi connectivity index (χ3v) is 2.66. The highest BCUT2D eigenvalue weighted by atomic mass is 127. The number of hydrogen-bond donors (Lipinski definition) is 1. The van der Waals surface area contributed by atoms with Crippen LogP contribution in [0.5, 0.6) is 5.75 Å². The number of carbonyl (C=O) groups excluding carboxylic acids is 1. The van der Waals surface area contributed by atoms with Gasteiger partial charge in [-0.25, -0.2) is 0 Å². The lowest BCUT2D eigenvalue weighted by Crippen LogP contribution is -2.08. The number of phenols is 1. The molecule has 1 aromatic carbocycles. The van der Waals surface area contributed by atoms with Gasteiger partial charge in [0, 0.05) is 9.13 Å². The lowest BCUT2D eigenvalue weighted by Gasteiger charge is -2.11. The van der Waals surface area contributed by atoms with Crippen LogP contribution in [0.25, 0.3) is 0 Å². The average molecular weight is 330 g/mol. The number of rotatable bonds is 1. The van der Waals surface area contributed by atoms with Gasteiger partial charge in [0.1, 0.15) is 5.75 Å². The van der Waals surface area contributed by atoms with Crippen LogP contribution in [0.4, 0.5) is 13.2 Å². The van der Waals surface area contributed by atoms with Gasteiger partial charge in [-0.05, 0) is 41.6 Å². The number of halogens is 4. The lowest BCUT2D eigenvalue weighted by molar-refractivity contribution is -0.138. The second-order valence-electron chi connectivity index (χ2n) is 2.90. The van der Waals surface area contributed by atoms with Gasteiger partial charge in [0.25, 0.3) is 0 Å². The molecule has 82 valence electrons. The highest BCUT2D eigenvalue weighted by Gasteiger charge is 2.34. The molecule has 1 rings (SSSR count). The minimum atomic E-state index is -4.65. The normalized spacial score (nSPS) is 11.5. The van der Waals surface area contributed by atoms with Crippen molar-refractivity contribution in [3.8, 4) is 5.75 Å². The molecule has 0 fully saturated rings. The SMILES string of the molecule is CC(=O)c1cc(C(F)(F)F)c(O)cc1I. The maximum absolute atomic E-state index is 12.4. The number of benzene rings is 1. The number of phenolic OH excluding ortho intramolecular Hbond substituents is 1. The molecule has 15 heavy (non-hydrogen) atoms. The minimum Gasteiger partial charge on any atom is -0.507 e. The first kappa shape index (κ1) is 12.3. The van der Waals surface area contributed by atoms with Gasteiger partial charge in [0.05, 0.1) is 5.56 Å². The van der Waals surface area contributed by atoms with E-state index in [0.717, 1.165) is 6.07 Å². The molecule has 0 atom stereocenters. The number of carbonyl (C=O) groups is 1. The molecule has 0 bridgehead atoms. The monoisotopic (exact) mass is 330 g/mol. The van der Waals surface area contributed by atoms with E-state index in [4.69, 9.17) is 5.11 Å². The standard InChI is InChI=1S/C9H6F3IO2/c1-4(14)5-2-6(9(10,11)12)8(15)3-7(5)13/h2-3,15H,1H3. The summed E-state index contributed by atoms with van der Waals surface area (Å²) in [4.78, 5) is 11.0. The summed E-state index contributed by atoms with van der Waals surface area (Å²) in [6.45, 7) is 1.18. The molecule has 0 aliphatic rings. The van der Waals surface area contributed by atoms with Crippen molar-refractivity contribution in [3.63, 3.8) is 0 Å². The molecule has 1 N–H and O–H groups in total. The molecule has 0 heterocycles. The van der Waals surface area contributed by atoms with Crippen LogP contribution < -0.4 is 0 Å². The Morgan fingerprint density at radius 1 is 1.40 bits per heavy atom. The van der Waals surface area contributed by atoms with Gasteiger partial charge < -0.3 is 5.11 Å². The van der Waals surface area contributed by atoms with E-state index in [1.54, 1.807) is 22.6 Å². The molecule has 0 aliphatic heterocycles. The summed E-state index contributed by atoms with van der Waals surface area (Å²) in [6.07, 6.45) is -4.65. The first-order valence-corrected chi connectivity index (χ1v) is 4.92. The third kappa shape index (κ3) is 2.61. The van der Waals surface area contributed by atoms with E-state index < -0.39 is 23.3 Å². The Bertz CT molecular complexity index is 413. The Kier molecular flexibility index (Phi) is 3.27. The number of aromatic hydroxyl groups is 1. The molecule has 1 aromatic rings. The Hall–Kier alpha value is -0.790. The van der Waals surface area contributed by atoms with Crippen LogP contribution in [-0.2, 0) is 6.18 Å². The largest absolute Gasteiger partial charge is 0.507 e. The summed E-state index contributed by atoms with van der Waals surface area (Å²) >= 11 is 1.70. The van der Waals surface area contributed by atoms with Crippen LogP contribution >= 0.6 is 22.6 Å². The van der Waals surface area contributed by atoms with E-state index in [2.05, 4.69) is 0 Å². The Balaban J connectivity index is 3.43. The molecule has 0 radical (unpaired) electrons. The highest BCUT2D eigenvalue weighted by molar-refractivity contribution is 14.1. The van der Waals surface area contributed by atoms with Gasteiger partial charge >= 0.3 is 6.18 Å². The number of hydrogen-bond acceptors (Lipinski definition) is 2. The topological polar surface area (TPSA) is 37.3 Å². The van der Waals surface area contributed by atoms with Crippen molar-refractivity contribution in [2.24, 2.45) is 0 Å². The molecule has 0 saturated carbocycles. The van der Waals surface area contributed by atoms with Crippen molar-refractivity contribution in [1.29, 1.82) is 0 Å². The summed E-state index contributed by atoms with van der Waals surface area (Å²) in [7, 11) is 0. The van der Waals surface area contributed by atoms with E-state index in [9.17, 15) is 18.0 Å². The number of Topliss-reactive ketones (excluding diaryl/α,β-unsaturated/α-hetero) is 1. The van der Waals surface area contributed by atoms with E-state index in [1.807, 2.05) is 0 Å². The maximum atomic E-state index is 12.4. The van der Waals surface area contributed by atoms with Crippen LogP contribution in [0.15, 0.2) is 12.1 Å². The molecule has 6 heteroatoms. The zero-order valence-electron chi connectivity index (χ0n) is 7.52. The summed E-state index contributed by atoms with van der Waals surface area (Å²) in [6, 6.07) is 1.60. The molecule has 2 nitrogen and oxygen atoms in total. The van der Waals surface area contributed by atoms with Crippen LogP contribution in [-0.4, -0.2) is 10.9 Å². The molecular weight excluding hydrogens is 324 g/mol. The van der Waals surface area contributed by atoms with Gasteiger partial charge in [0.2, 0.25) is 0 Å². The predicted molar refractivity (Wildman–Crippen MR) is 55.8 cm³/mol. The molecule has 0 aliphatic carbocycles. The second kappa shape index (κ2) is 3.99. The number of alkyl halides is 3. The summed E-state index contributed by atoms with van der Waals surface area (Å²) in [5.74, 6) is -1.33. The van der Waals surface area contributed by atoms with E-state index in [-0.39, 0.29) is 5.56 Å². The van der Waals surface area contributed by atoms with Crippen molar-refractivity contribution in [1.82, 2.24) is 0 Å². The molecular formula is C9H6F3IO2. The van der Waals surface area contributed by atoms with Gasteiger partial charge in [-0.1, -0.05) is 0 Å². The average Bonchev–Trinajstić information content (AvgIpc) is 2.00. The van der Waals surface area contributed by atoms with Gasteiger partial charge in [-0.15, -0.1) is 0 Å². The molecule has 0 amide bonds. The number of ketones is 1. The van der Waals surface area contributed by atoms with Crippen molar-refractivity contribution in [2.75, 3.05) is 0 Å². The van der Waals surface area contributed by atoms with Crippen LogP contribution in [0.1, 0.15) is 22.8 Å². The first-order chi connectivity index (χ1) is 6.73. The first-order valence-electron chi connectivity index (χ1n) is 3.84. The fraction of sp³-hybridized carbons (Fsp3) is 0.222. The summed E-state index contributed by atoms with van der Waals surface area (Å²) in [5.41, 5.74) is -1.23. The molecule has 0 spiro atoms. The lowest BCUT2D eigenvalue weighted by atomic mass is 10.1. The van der Waals surface area contributed by atoms with Crippen molar-refractivity contribution in [3.05, 3.63) is 26.8 Å². The fourth-order valence-corrected chi connectivity index (χ4v) is 1.89. The smallest absolute Gasteiger partial charge is 0.419 e. The molecule has 0 saturated heterocycles. The zero-order valence-corrected chi connectivity index (χ0v) is 9.68. The van der Waals surface area contributed by atoms with Gasteiger partial charge in [-0.2, -0.15) is 13.2 Å². The molecule has 0 unspecified atom stereocenters. The van der Waals surface area contributed by atoms with Crippen LogP contribution in [0.2, 0.25) is 0 Å². The predicted octanol–water partition coefficient (Wildman–Crippen LogP) is 3.22. The fourth-order valence-electron chi connectivity index (χ4n) is 1.06. The highest BCUT2D eigenvalue weighted by Crippen LogP contribution is 2.37. The van der Waals surface area contributed by atoms with Crippen LogP contribution in [0.3, 0.4) is 0 Å². The quantitative estimate of drug-likeness (QED) is 0.634. The van der Waals surface area contributed by atoms with Crippen molar-refractivity contribution >= 4 is 28.4 Å². The second-order valence-corrected chi connectivity index (χ2v) is 4.07. The van der Waals surface area contributed by atoms with Crippen LogP contribution in [0, 0.1) is 3.57 Å². The van der Waals surface area contributed by atoms with E-state index in [1.165, 1.54) is 6.92 Å². The van der Waals surface area contributed by atoms with Gasteiger partial charge in [0.15, 0.2) is 5.78 Å². The van der Waals surface area contributed by atoms with Gasteiger partial charge in [-0.3, -0.25) is 4.79 Å². The minimum absolute atomic E-state index is 0.0410. The Morgan fingerprint density at radius 3 is 2.33 bits per heavy atom. The molecule has 0 aromatic heterocycles. The zero-order chi connectivity index (χ0) is 11.8. The Labute approximate surface area is 97.2 Å². The maximum Gasteiger partial charge on any atom is 0.419 e. The van der Waals surface area contributed by atoms with E-state index >= 15 is 0 Å². The van der Waals surface area contributed by atoms with Crippen molar-refractivity contribution in [2.45, 2.75) is 13.1 Å².